The van der Waals surface area contributed by atoms with Crippen LogP contribution in [0.2, 0.25) is 0 Å². The molecule has 0 fully saturated rings. The molecule has 0 aliphatic rings. The van der Waals surface area contributed by atoms with Gasteiger partial charge in [-0.3, -0.25) is 9.89 Å². The maximum atomic E-state index is 11.9. The Bertz CT molecular complexity index is 489. The van der Waals surface area contributed by atoms with Crippen LogP contribution in [0.25, 0.3) is 11.5 Å². The molecule has 84 valence electrons. The lowest BCUT2D eigenvalue weighted by Gasteiger charge is -2.13. The topological polar surface area (TPSA) is 58.9 Å². The number of H-pyrrole nitrogens is 1. The van der Waals surface area contributed by atoms with E-state index in [1.165, 1.54) is 0 Å². The van der Waals surface area contributed by atoms with E-state index in [9.17, 15) is 4.79 Å². The lowest BCUT2D eigenvalue weighted by molar-refractivity contribution is 0.0853. The molecule has 0 bridgehead atoms. The van der Waals surface area contributed by atoms with E-state index >= 15 is 0 Å². The van der Waals surface area contributed by atoms with Gasteiger partial charge in [-0.05, 0) is 18.2 Å². The maximum Gasteiger partial charge on any atom is 0.188 e. The van der Waals surface area contributed by atoms with E-state index in [2.05, 4.69) is 10.2 Å². The molecule has 1 N–H and O–H groups in total. The molecule has 16 heavy (non-hydrogen) atoms. The summed E-state index contributed by atoms with van der Waals surface area (Å²) in [7, 11) is 0. The third-order valence-corrected chi connectivity index (χ3v) is 2.28. The predicted molar refractivity (Wildman–Crippen MR) is 60.1 cm³/mol. The molecule has 0 aromatic carbocycles. The zero-order valence-electron chi connectivity index (χ0n) is 9.57. The van der Waals surface area contributed by atoms with E-state index in [1.54, 1.807) is 18.4 Å². The fourth-order valence-electron chi connectivity index (χ4n) is 1.38. The van der Waals surface area contributed by atoms with Crippen LogP contribution in [0.5, 0.6) is 0 Å². The first-order valence-electron chi connectivity index (χ1n) is 5.12. The van der Waals surface area contributed by atoms with Crippen LogP contribution in [-0.4, -0.2) is 16.0 Å². The minimum atomic E-state index is -0.421. The van der Waals surface area contributed by atoms with Gasteiger partial charge in [0.25, 0.3) is 0 Å². The number of nitrogens with zero attached hydrogens (tertiary/aromatic N) is 1. The van der Waals surface area contributed by atoms with Crippen molar-refractivity contribution in [2.75, 3.05) is 0 Å². The SMILES string of the molecule is CC(C)(C)C(=O)c1cc(-c2ccco2)[nH]n1. The summed E-state index contributed by atoms with van der Waals surface area (Å²) < 4.78 is 5.22. The van der Waals surface area contributed by atoms with Crippen LogP contribution in [-0.2, 0) is 0 Å². The molecule has 0 unspecified atom stereocenters. The summed E-state index contributed by atoms with van der Waals surface area (Å²) in [5, 5.41) is 6.80. The molecule has 2 aromatic rings. The average molecular weight is 218 g/mol. The summed E-state index contributed by atoms with van der Waals surface area (Å²) in [6, 6.07) is 5.33. The zero-order valence-corrected chi connectivity index (χ0v) is 9.57. The monoisotopic (exact) mass is 218 g/mol. The molecular weight excluding hydrogens is 204 g/mol. The van der Waals surface area contributed by atoms with Gasteiger partial charge in [-0.2, -0.15) is 5.10 Å². The second-order valence-electron chi connectivity index (χ2n) is 4.72. The Morgan fingerprint density at radius 3 is 2.75 bits per heavy atom. The number of hydrogen-bond donors (Lipinski definition) is 1. The van der Waals surface area contributed by atoms with Gasteiger partial charge in [-0.25, -0.2) is 0 Å². The van der Waals surface area contributed by atoms with Crippen molar-refractivity contribution in [3.05, 3.63) is 30.2 Å². The van der Waals surface area contributed by atoms with Crippen molar-refractivity contribution in [1.29, 1.82) is 0 Å². The van der Waals surface area contributed by atoms with Crippen molar-refractivity contribution in [2.24, 2.45) is 5.41 Å². The Morgan fingerprint density at radius 2 is 2.19 bits per heavy atom. The molecule has 0 aliphatic heterocycles. The molecule has 2 heterocycles. The molecule has 0 atom stereocenters. The minimum Gasteiger partial charge on any atom is -0.463 e. The largest absolute Gasteiger partial charge is 0.463 e. The number of carbonyl (C=O) groups is 1. The van der Waals surface area contributed by atoms with Gasteiger partial charge in [0.1, 0.15) is 11.4 Å². The number of furan rings is 1. The van der Waals surface area contributed by atoms with Crippen LogP contribution in [0.4, 0.5) is 0 Å². The lowest BCUT2D eigenvalue weighted by Crippen LogP contribution is -2.20. The van der Waals surface area contributed by atoms with Crippen LogP contribution >= 0.6 is 0 Å². The van der Waals surface area contributed by atoms with Gasteiger partial charge in [-0.15, -0.1) is 0 Å². The van der Waals surface area contributed by atoms with Crippen molar-refractivity contribution in [3.63, 3.8) is 0 Å². The van der Waals surface area contributed by atoms with E-state index in [1.807, 2.05) is 26.8 Å². The molecule has 4 nitrogen and oxygen atoms in total. The van der Waals surface area contributed by atoms with Gasteiger partial charge in [0.2, 0.25) is 0 Å². The van der Waals surface area contributed by atoms with Crippen molar-refractivity contribution < 1.29 is 9.21 Å². The first-order valence-corrected chi connectivity index (χ1v) is 5.12. The maximum absolute atomic E-state index is 11.9. The summed E-state index contributed by atoms with van der Waals surface area (Å²) in [5.41, 5.74) is 0.742. The fraction of sp³-hybridized carbons (Fsp3) is 0.333. The normalized spacial score (nSPS) is 11.7. The average Bonchev–Trinajstić information content (AvgIpc) is 2.85. The zero-order chi connectivity index (χ0) is 11.8. The highest BCUT2D eigenvalue weighted by molar-refractivity contribution is 5.98. The highest BCUT2D eigenvalue weighted by Gasteiger charge is 2.25. The number of hydrogen-bond acceptors (Lipinski definition) is 3. The Hall–Kier alpha value is -1.84. The molecular formula is C12H14N2O2. The quantitative estimate of drug-likeness (QED) is 0.788. The van der Waals surface area contributed by atoms with Crippen molar-refractivity contribution in [1.82, 2.24) is 10.2 Å². The summed E-state index contributed by atoms with van der Waals surface area (Å²) in [4.78, 5) is 11.9. The van der Waals surface area contributed by atoms with E-state index < -0.39 is 5.41 Å². The number of nitrogens with one attached hydrogen (secondary N) is 1. The summed E-state index contributed by atoms with van der Waals surface area (Å²) in [6.45, 7) is 5.61. The first kappa shape index (κ1) is 10.7. The van der Waals surface area contributed by atoms with Gasteiger partial charge in [0.15, 0.2) is 11.5 Å². The third-order valence-electron chi connectivity index (χ3n) is 2.28. The van der Waals surface area contributed by atoms with Gasteiger partial charge in [0.05, 0.1) is 6.26 Å². The molecule has 4 heteroatoms. The van der Waals surface area contributed by atoms with E-state index in [0.717, 1.165) is 5.69 Å². The van der Waals surface area contributed by atoms with E-state index in [-0.39, 0.29) is 5.78 Å². The van der Waals surface area contributed by atoms with Crippen LogP contribution in [0.1, 0.15) is 31.3 Å². The first-order chi connectivity index (χ1) is 7.48. The second kappa shape index (κ2) is 3.63. The number of aromatic nitrogens is 2. The molecule has 0 radical (unpaired) electrons. The standard InChI is InChI=1S/C12H14N2O2/c1-12(2,3)11(15)9-7-8(13-14-9)10-5-4-6-16-10/h4-7H,1-3H3,(H,13,14). The number of aromatic amines is 1. The fourth-order valence-corrected chi connectivity index (χ4v) is 1.38. The predicted octanol–water partition coefficient (Wildman–Crippen LogP) is 2.90. The van der Waals surface area contributed by atoms with E-state index in [0.29, 0.717) is 11.5 Å². The van der Waals surface area contributed by atoms with Crippen molar-refractivity contribution >= 4 is 5.78 Å². The summed E-state index contributed by atoms with van der Waals surface area (Å²) in [5.74, 6) is 0.696. The molecule has 0 aliphatic carbocycles. The van der Waals surface area contributed by atoms with Crippen LogP contribution < -0.4 is 0 Å². The van der Waals surface area contributed by atoms with Crippen LogP contribution in [0, 0.1) is 5.41 Å². The molecule has 0 saturated carbocycles. The Kier molecular flexibility index (Phi) is 2.42. The lowest BCUT2D eigenvalue weighted by atomic mass is 9.89. The summed E-state index contributed by atoms with van der Waals surface area (Å²) in [6.07, 6.45) is 1.58. The van der Waals surface area contributed by atoms with Gasteiger partial charge in [-0.1, -0.05) is 20.8 Å². The molecule has 0 amide bonds. The Balaban J connectivity index is 2.31. The highest BCUT2D eigenvalue weighted by Crippen LogP contribution is 2.23. The molecule has 2 aromatic heterocycles. The van der Waals surface area contributed by atoms with Crippen LogP contribution in [0.15, 0.2) is 28.9 Å². The van der Waals surface area contributed by atoms with Gasteiger partial charge >= 0.3 is 0 Å². The number of ketones is 1. The van der Waals surface area contributed by atoms with Crippen LogP contribution in [0.3, 0.4) is 0 Å². The third kappa shape index (κ3) is 1.91. The van der Waals surface area contributed by atoms with Gasteiger partial charge < -0.3 is 4.42 Å². The molecule has 0 spiro atoms. The molecule has 0 saturated heterocycles. The number of Topliss-reactive ketones (excluding diaryl/α,β-unsaturated/α-hetero) is 1. The minimum absolute atomic E-state index is 0.0153. The Labute approximate surface area is 93.7 Å². The number of rotatable bonds is 2. The van der Waals surface area contributed by atoms with Crippen molar-refractivity contribution in [3.8, 4) is 11.5 Å². The van der Waals surface area contributed by atoms with E-state index in [4.69, 9.17) is 4.42 Å². The smallest absolute Gasteiger partial charge is 0.188 e. The number of carbonyl (C=O) groups excluding carboxylic acids is 1. The summed E-state index contributed by atoms with van der Waals surface area (Å²) >= 11 is 0. The Morgan fingerprint density at radius 1 is 1.44 bits per heavy atom. The second-order valence-corrected chi connectivity index (χ2v) is 4.72. The molecule has 2 rings (SSSR count). The highest BCUT2D eigenvalue weighted by atomic mass is 16.3. The van der Waals surface area contributed by atoms with Gasteiger partial charge in [0, 0.05) is 5.41 Å². The van der Waals surface area contributed by atoms with Crippen molar-refractivity contribution in [2.45, 2.75) is 20.8 Å².